The van der Waals surface area contributed by atoms with Crippen LogP contribution in [0.5, 0.6) is 0 Å². The van der Waals surface area contributed by atoms with Crippen LogP contribution in [0.15, 0.2) is 30.3 Å². The molecule has 1 saturated heterocycles. The minimum atomic E-state index is -1.12. The van der Waals surface area contributed by atoms with Gasteiger partial charge < -0.3 is 16.4 Å². The van der Waals surface area contributed by atoms with Crippen LogP contribution in [0.25, 0.3) is 0 Å². The quantitative estimate of drug-likeness (QED) is 0.513. The monoisotopic (exact) mass is 340 g/mol. The molecule has 0 bridgehead atoms. The lowest BCUT2D eigenvalue weighted by Crippen LogP contribution is -2.49. The summed E-state index contributed by atoms with van der Waals surface area (Å²) in [5.41, 5.74) is 5.69. The van der Waals surface area contributed by atoms with Crippen LogP contribution >= 0.6 is 12.4 Å². The lowest BCUT2D eigenvalue weighted by Gasteiger charge is -2.24. The summed E-state index contributed by atoms with van der Waals surface area (Å²) < 4.78 is 0. The van der Waals surface area contributed by atoms with Crippen molar-refractivity contribution < 1.29 is 14.4 Å². The van der Waals surface area contributed by atoms with E-state index in [0.29, 0.717) is 13.0 Å². The summed E-state index contributed by atoms with van der Waals surface area (Å²) in [4.78, 5) is 36.1. The van der Waals surface area contributed by atoms with Crippen molar-refractivity contribution in [2.45, 2.75) is 18.9 Å². The largest absolute Gasteiger partial charge is 0.354 e. The highest BCUT2D eigenvalue weighted by Gasteiger charge is 2.30. The van der Waals surface area contributed by atoms with E-state index in [9.17, 15) is 14.4 Å². The summed E-state index contributed by atoms with van der Waals surface area (Å²) in [6.07, 6.45) is 0.482. The Morgan fingerprint density at radius 3 is 2.57 bits per heavy atom. The van der Waals surface area contributed by atoms with E-state index in [-0.39, 0.29) is 43.3 Å². The second kappa shape index (κ2) is 7.94. The average molecular weight is 341 g/mol. The molecule has 7 nitrogen and oxygen atoms in total. The van der Waals surface area contributed by atoms with E-state index in [1.165, 1.54) is 0 Å². The SMILES string of the molecule is CC(N)(C(=O)NCCCN1C(=O)CNC1=O)c1ccccc1.Cl. The van der Waals surface area contributed by atoms with Gasteiger partial charge in [-0.2, -0.15) is 0 Å². The summed E-state index contributed by atoms with van der Waals surface area (Å²) in [5, 5.41) is 5.19. The van der Waals surface area contributed by atoms with Gasteiger partial charge in [-0.25, -0.2) is 4.79 Å². The van der Waals surface area contributed by atoms with Gasteiger partial charge in [0.1, 0.15) is 5.54 Å². The zero-order chi connectivity index (χ0) is 16.2. The maximum Gasteiger partial charge on any atom is 0.324 e. The molecule has 1 aliphatic heterocycles. The molecule has 1 aliphatic rings. The first-order valence-electron chi connectivity index (χ1n) is 7.14. The van der Waals surface area contributed by atoms with E-state index in [1.54, 1.807) is 19.1 Å². The molecule has 1 atom stereocenters. The number of carbonyl (C=O) groups excluding carboxylic acids is 3. The number of nitrogens with two attached hydrogens (primary N) is 1. The zero-order valence-electron chi connectivity index (χ0n) is 12.9. The lowest BCUT2D eigenvalue weighted by molar-refractivity contribution is -0.126. The van der Waals surface area contributed by atoms with Crippen molar-refractivity contribution in [2.24, 2.45) is 5.73 Å². The first-order chi connectivity index (χ1) is 10.4. The van der Waals surface area contributed by atoms with Gasteiger partial charge in [0.25, 0.3) is 0 Å². The maximum absolute atomic E-state index is 12.2. The summed E-state index contributed by atoms with van der Waals surface area (Å²) in [5.74, 6) is -0.542. The standard InChI is InChI=1S/C15H20N4O3.ClH/c1-15(16,11-6-3-2-4-7-11)13(21)17-8-5-9-19-12(20)10-18-14(19)22;/h2-4,6-7H,5,8-10,16H2,1H3,(H,17,21)(H,18,22);1H. The van der Waals surface area contributed by atoms with Crippen molar-refractivity contribution in [3.63, 3.8) is 0 Å². The number of amides is 4. The molecule has 0 spiro atoms. The van der Waals surface area contributed by atoms with Gasteiger partial charge in [-0.1, -0.05) is 30.3 Å². The fourth-order valence-corrected chi connectivity index (χ4v) is 2.22. The molecule has 4 amide bonds. The third kappa shape index (κ3) is 4.43. The molecule has 0 saturated carbocycles. The Kier molecular flexibility index (Phi) is 6.53. The van der Waals surface area contributed by atoms with Crippen molar-refractivity contribution >= 4 is 30.3 Å². The van der Waals surface area contributed by atoms with Crippen molar-refractivity contribution in [1.29, 1.82) is 0 Å². The minimum absolute atomic E-state index is 0. The molecule has 0 radical (unpaired) electrons. The Balaban J connectivity index is 0.00000264. The molecule has 126 valence electrons. The summed E-state index contributed by atoms with van der Waals surface area (Å²) in [6.45, 7) is 2.31. The molecule has 4 N–H and O–H groups in total. The number of carbonyl (C=O) groups is 3. The Morgan fingerprint density at radius 1 is 1.35 bits per heavy atom. The van der Waals surface area contributed by atoms with E-state index in [1.807, 2.05) is 18.2 Å². The lowest BCUT2D eigenvalue weighted by atomic mass is 9.92. The van der Waals surface area contributed by atoms with Gasteiger partial charge in [0.05, 0.1) is 6.54 Å². The highest BCUT2D eigenvalue weighted by molar-refractivity contribution is 6.01. The van der Waals surface area contributed by atoms with Gasteiger partial charge in [-0.15, -0.1) is 12.4 Å². The number of rotatable bonds is 6. The molecular formula is C15H21ClN4O3. The molecule has 1 aromatic rings. The molecule has 0 aromatic heterocycles. The van der Waals surface area contributed by atoms with Gasteiger partial charge in [-0.05, 0) is 18.9 Å². The number of nitrogens with one attached hydrogen (secondary N) is 2. The molecular weight excluding hydrogens is 320 g/mol. The average Bonchev–Trinajstić information content (AvgIpc) is 2.83. The van der Waals surface area contributed by atoms with Crippen LogP contribution in [0, 0.1) is 0 Å². The van der Waals surface area contributed by atoms with Crippen LogP contribution in [0.1, 0.15) is 18.9 Å². The topological polar surface area (TPSA) is 105 Å². The molecule has 0 aliphatic carbocycles. The number of imide groups is 1. The van der Waals surface area contributed by atoms with Crippen molar-refractivity contribution in [3.8, 4) is 0 Å². The molecule has 1 unspecified atom stereocenters. The fourth-order valence-electron chi connectivity index (χ4n) is 2.22. The van der Waals surface area contributed by atoms with Crippen molar-refractivity contribution in [3.05, 3.63) is 35.9 Å². The van der Waals surface area contributed by atoms with Crippen LogP contribution in [0.3, 0.4) is 0 Å². The second-order valence-electron chi connectivity index (χ2n) is 5.38. The number of hydrogen-bond donors (Lipinski definition) is 3. The smallest absolute Gasteiger partial charge is 0.324 e. The highest BCUT2D eigenvalue weighted by Crippen LogP contribution is 2.17. The molecule has 8 heteroatoms. The van der Waals surface area contributed by atoms with E-state index in [2.05, 4.69) is 10.6 Å². The first kappa shape index (κ1) is 18.9. The van der Waals surface area contributed by atoms with E-state index >= 15 is 0 Å². The summed E-state index contributed by atoms with van der Waals surface area (Å²) >= 11 is 0. The number of urea groups is 1. The number of hydrogen-bond acceptors (Lipinski definition) is 4. The van der Waals surface area contributed by atoms with Crippen LogP contribution in [0.4, 0.5) is 4.79 Å². The summed E-state index contributed by atoms with van der Waals surface area (Å²) in [6, 6.07) is 8.72. The number of nitrogens with zero attached hydrogens (tertiary/aromatic N) is 1. The Bertz CT molecular complexity index is 561. The van der Waals surface area contributed by atoms with Crippen LogP contribution in [0.2, 0.25) is 0 Å². The van der Waals surface area contributed by atoms with Crippen LogP contribution in [-0.2, 0) is 15.1 Å². The fraction of sp³-hybridized carbons (Fsp3) is 0.400. The highest BCUT2D eigenvalue weighted by atomic mass is 35.5. The third-order valence-electron chi connectivity index (χ3n) is 3.63. The second-order valence-corrected chi connectivity index (χ2v) is 5.38. The minimum Gasteiger partial charge on any atom is -0.354 e. The molecule has 1 heterocycles. The van der Waals surface area contributed by atoms with Crippen molar-refractivity contribution in [2.75, 3.05) is 19.6 Å². The van der Waals surface area contributed by atoms with Gasteiger partial charge >= 0.3 is 6.03 Å². The van der Waals surface area contributed by atoms with E-state index < -0.39 is 5.54 Å². The number of halogens is 1. The predicted octanol–water partition coefficient (Wildman–Crippen LogP) is 0.340. The molecule has 2 rings (SSSR count). The normalized spacial score (nSPS) is 16.3. The van der Waals surface area contributed by atoms with Crippen LogP contribution < -0.4 is 16.4 Å². The molecule has 1 aromatic carbocycles. The predicted molar refractivity (Wildman–Crippen MR) is 88.0 cm³/mol. The molecule has 1 fully saturated rings. The molecule has 23 heavy (non-hydrogen) atoms. The van der Waals surface area contributed by atoms with Crippen molar-refractivity contribution in [1.82, 2.24) is 15.5 Å². The summed E-state index contributed by atoms with van der Waals surface area (Å²) in [7, 11) is 0. The first-order valence-corrected chi connectivity index (χ1v) is 7.14. The Morgan fingerprint density at radius 2 is 2.00 bits per heavy atom. The van der Waals surface area contributed by atoms with Gasteiger partial charge in [-0.3, -0.25) is 14.5 Å². The van der Waals surface area contributed by atoms with E-state index in [4.69, 9.17) is 5.73 Å². The third-order valence-corrected chi connectivity index (χ3v) is 3.63. The van der Waals surface area contributed by atoms with Crippen LogP contribution in [-0.4, -0.2) is 42.4 Å². The number of benzene rings is 1. The Labute approximate surface area is 141 Å². The zero-order valence-corrected chi connectivity index (χ0v) is 13.7. The Hall–Kier alpha value is -2.12. The maximum atomic E-state index is 12.2. The van der Waals surface area contributed by atoms with Gasteiger partial charge in [0.15, 0.2) is 0 Å². The van der Waals surface area contributed by atoms with Gasteiger partial charge in [0, 0.05) is 13.1 Å². The van der Waals surface area contributed by atoms with E-state index in [0.717, 1.165) is 10.5 Å². The van der Waals surface area contributed by atoms with Gasteiger partial charge in [0.2, 0.25) is 11.8 Å².